The molecular formula is C9H17F3N2O4S. The Balaban J connectivity index is 4.98. The van der Waals surface area contributed by atoms with Crippen LogP contribution in [0.5, 0.6) is 0 Å². The van der Waals surface area contributed by atoms with E-state index in [1.54, 1.807) is 0 Å². The summed E-state index contributed by atoms with van der Waals surface area (Å²) in [4.78, 5) is 11.0. The topological polar surface area (TPSA) is 95.5 Å². The third kappa shape index (κ3) is 5.33. The normalized spacial score (nSPS) is 14.5. The molecule has 0 aliphatic heterocycles. The third-order valence-corrected chi connectivity index (χ3v) is 4.25. The van der Waals surface area contributed by atoms with E-state index in [2.05, 4.69) is 0 Å². The second-order valence-corrected chi connectivity index (χ2v) is 6.60. The van der Waals surface area contributed by atoms with Crippen LogP contribution in [-0.4, -0.2) is 37.8 Å². The maximum Gasteiger partial charge on any atom is 0.402 e. The van der Waals surface area contributed by atoms with Gasteiger partial charge in [-0.1, -0.05) is 0 Å². The first-order valence-corrected chi connectivity index (χ1v) is 6.68. The number of alkyl halides is 3. The SMILES string of the molecule is CC(C)(NS(=O)(=O)NCC(F)(F)F)C(C)(C)C(=O)O. The number of carboxylic acid groups (broad SMARTS) is 1. The number of halogens is 3. The molecule has 114 valence electrons. The number of aliphatic carboxylic acids is 1. The van der Waals surface area contributed by atoms with Gasteiger partial charge in [0.1, 0.15) is 6.54 Å². The van der Waals surface area contributed by atoms with Gasteiger partial charge in [-0.15, -0.1) is 0 Å². The molecule has 0 aliphatic carbocycles. The van der Waals surface area contributed by atoms with E-state index in [0.717, 1.165) is 0 Å². The number of rotatable bonds is 6. The van der Waals surface area contributed by atoms with Crippen molar-refractivity contribution < 1.29 is 31.5 Å². The first-order chi connectivity index (χ1) is 8.11. The van der Waals surface area contributed by atoms with Gasteiger partial charge in [-0.2, -0.15) is 31.0 Å². The molecule has 0 radical (unpaired) electrons. The molecule has 0 bridgehead atoms. The minimum Gasteiger partial charge on any atom is -0.481 e. The van der Waals surface area contributed by atoms with E-state index in [1.165, 1.54) is 32.4 Å². The van der Waals surface area contributed by atoms with Gasteiger partial charge in [-0.3, -0.25) is 4.79 Å². The fourth-order valence-corrected chi connectivity index (χ4v) is 2.30. The van der Waals surface area contributed by atoms with Crippen molar-refractivity contribution in [3.8, 4) is 0 Å². The van der Waals surface area contributed by atoms with Crippen LogP contribution in [0.4, 0.5) is 13.2 Å². The highest BCUT2D eigenvalue weighted by Crippen LogP contribution is 2.31. The summed E-state index contributed by atoms with van der Waals surface area (Å²) in [6, 6.07) is 0. The highest BCUT2D eigenvalue weighted by molar-refractivity contribution is 7.87. The maximum atomic E-state index is 11.9. The van der Waals surface area contributed by atoms with Crippen LogP contribution in [0.15, 0.2) is 0 Å². The minimum atomic E-state index is -4.69. The molecule has 0 amide bonds. The number of hydrogen-bond donors (Lipinski definition) is 3. The van der Waals surface area contributed by atoms with E-state index < -0.39 is 39.9 Å². The summed E-state index contributed by atoms with van der Waals surface area (Å²) in [5.74, 6) is -1.28. The molecule has 0 atom stereocenters. The van der Waals surface area contributed by atoms with Crippen LogP contribution in [0.1, 0.15) is 27.7 Å². The van der Waals surface area contributed by atoms with Crippen LogP contribution in [0.2, 0.25) is 0 Å². The predicted molar refractivity (Wildman–Crippen MR) is 61.6 cm³/mol. The van der Waals surface area contributed by atoms with Crippen LogP contribution in [-0.2, 0) is 15.0 Å². The van der Waals surface area contributed by atoms with Crippen LogP contribution in [0.25, 0.3) is 0 Å². The van der Waals surface area contributed by atoms with Crippen molar-refractivity contribution in [3.63, 3.8) is 0 Å². The van der Waals surface area contributed by atoms with Gasteiger partial charge < -0.3 is 5.11 Å². The average Bonchev–Trinajstić information content (AvgIpc) is 2.11. The zero-order valence-electron chi connectivity index (χ0n) is 10.9. The van der Waals surface area contributed by atoms with E-state index in [0.29, 0.717) is 0 Å². The Bertz CT molecular complexity index is 443. The van der Waals surface area contributed by atoms with Crippen LogP contribution in [0.3, 0.4) is 0 Å². The Morgan fingerprint density at radius 3 is 1.89 bits per heavy atom. The zero-order valence-corrected chi connectivity index (χ0v) is 11.7. The fraction of sp³-hybridized carbons (Fsp3) is 0.889. The second kappa shape index (κ2) is 5.25. The minimum absolute atomic E-state index is 1.27. The highest BCUT2D eigenvalue weighted by atomic mass is 32.2. The standard InChI is InChI=1S/C9H17F3N2O4S/c1-7(2,6(15)16)8(3,4)14-19(17,18)13-5-9(10,11)12/h13-14H,5H2,1-4H3,(H,15,16). The van der Waals surface area contributed by atoms with E-state index in [4.69, 9.17) is 5.11 Å². The Kier molecular flexibility index (Phi) is 5.01. The summed E-state index contributed by atoms with van der Waals surface area (Å²) in [6.07, 6.45) is -4.69. The van der Waals surface area contributed by atoms with E-state index in [-0.39, 0.29) is 0 Å². The number of hydrogen-bond acceptors (Lipinski definition) is 3. The Labute approximate surface area is 109 Å². The fourth-order valence-electron chi connectivity index (χ4n) is 0.944. The van der Waals surface area contributed by atoms with Gasteiger partial charge in [0.05, 0.1) is 5.41 Å². The van der Waals surface area contributed by atoms with Gasteiger partial charge in [-0.05, 0) is 27.7 Å². The van der Waals surface area contributed by atoms with E-state index >= 15 is 0 Å². The zero-order chi connectivity index (χ0) is 15.7. The van der Waals surface area contributed by atoms with Gasteiger partial charge in [0, 0.05) is 5.54 Å². The average molecular weight is 306 g/mol. The molecular weight excluding hydrogens is 289 g/mol. The maximum absolute atomic E-state index is 11.9. The summed E-state index contributed by atoms with van der Waals surface area (Å²) in [6.45, 7) is 3.34. The lowest BCUT2D eigenvalue weighted by atomic mass is 9.75. The summed E-state index contributed by atoms with van der Waals surface area (Å²) < 4.78 is 61.9. The molecule has 0 aromatic rings. The molecule has 0 saturated carbocycles. The summed E-state index contributed by atoms with van der Waals surface area (Å²) in [5.41, 5.74) is -3.00. The molecule has 19 heavy (non-hydrogen) atoms. The molecule has 3 N–H and O–H groups in total. The van der Waals surface area contributed by atoms with Gasteiger partial charge in [-0.25, -0.2) is 0 Å². The third-order valence-electron chi connectivity index (χ3n) is 2.95. The molecule has 0 fully saturated rings. The van der Waals surface area contributed by atoms with Crippen LogP contribution < -0.4 is 9.44 Å². The molecule has 0 rings (SSSR count). The summed E-state index contributed by atoms with van der Waals surface area (Å²) in [7, 11) is -4.47. The van der Waals surface area contributed by atoms with Crippen molar-refractivity contribution in [2.45, 2.75) is 39.4 Å². The lowest BCUT2D eigenvalue weighted by molar-refractivity contribution is -0.150. The largest absolute Gasteiger partial charge is 0.481 e. The first-order valence-electron chi connectivity index (χ1n) is 5.19. The Hall–Kier alpha value is -0.870. The van der Waals surface area contributed by atoms with Gasteiger partial charge in [0.2, 0.25) is 0 Å². The monoisotopic (exact) mass is 306 g/mol. The highest BCUT2D eigenvalue weighted by Gasteiger charge is 2.46. The molecule has 0 aromatic heterocycles. The molecule has 0 aromatic carbocycles. The van der Waals surface area contributed by atoms with Gasteiger partial charge in [0.15, 0.2) is 0 Å². The smallest absolute Gasteiger partial charge is 0.402 e. The molecule has 6 nitrogen and oxygen atoms in total. The van der Waals surface area contributed by atoms with Crippen molar-refractivity contribution in [2.75, 3.05) is 6.54 Å². The van der Waals surface area contributed by atoms with Crippen molar-refractivity contribution in [3.05, 3.63) is 0 Å². The molecule has 10 heteroatoms. The summed E-state index contributed by atoms with van der Waals surface area (Å²) >= 11 is 0. The van der Waals surface area contributed by atoms with Gasteiger partial charge >= 0.3 is 12.1 Å². The predicted octanol–water partition coefficient (Wildman–Crippen LogP) is 0.862. The second-order valence-electron chi connectivity index (χ2n) is 5.10. The lowest BCUT2D eigenvalue weighted by Gasteiger charge is -2.38. The van der Waals surface area contributed by atoms with Gasteiger partial charge in [0.25, 0.3) is 10.2 Å². The number of nitrogens with one attached hydrogen (secondary N) is 2. The van der Waals surface area contributed by atoms with Crippen LogP contribution >= 0.6 is 0 Å². The Morgan fingerprint density at radius 2 is 1.58 bits per heavy atom. The van der Waals surface area contributed by atoms with Crippen molar-refractivity contribution in [1.29, 1.82) is 0 Å². The molecule has 0 aliphatic rings. The molecule has 0 unspecified atom stereocenters. The lowest BCUT2D eigenvalue weighted by Crippen LogP contribution is -2.59. The van der Waals surface area contributed by atoms with Crippen LogP contribution in [0, 0.1) is 5.41 Å². The Morgan fingerprint density at radius 1 is 1.16 bits per heavy atom. The van der Waals surface area contributed by atoms with Crippen molar-refractivity contribution in [2.24, 2.45) is 5.41 Å². The van der Waals surface area contributed by atoms with Crippen molar-refractivity contribution >= 4 is 16.2 Å². The summed E-state index contributed by atoms with van der Waals surface area (Å²) in [5, 5.41) is 9.00. The van der Waals surface area contributed by atoms with E-state index in [1.807, 2.05) is 4.72 Å². The molecule has 0 spiro atoms. The van der Waals surface area contributed by atoms with E-state index in [9.17, 15) is 26.4 Å². The van der Waals surface area contributed by atoms with Crippen molar-refractivity contribution in [1.82, 2.24) is 9.44 Å². The molecule has 0 saturated heterocycles. The first kappa shape index (κ1) is 18.1. The quantitative estimate of drug-likeness (QED) is 0.678. The molecule has 0 heterocycles. The number of carboxylic acids is 1. The number of carbonyl (C=O) groups is 1.